The van der Waals surface area contributed by atoms with E-state index in [9.17, 15) is 4.79 Å². The summed E-state index contributed by atoms with van der Waals surface area (Å²) in [5, 5.41) is 11.1. The van der Waals surface area contributed by atoms with E-state index in [4.69, 9.17) is 16.3 Å². The molecule has 0 radical (unpaired) electrons. The van der Waals surface area contributed by atoms with Gasteiger partial charge in [0.15, 0.2) is 17.2 Å². The molecule has 166 valence electrons. The van der Waals surface area contributed by atoms with Crippen LogP contribution in [0.5, 0.6) is 5.75 Å². The number of halogens is 1. The summed E-state index contributed by atoms with van der Waals surface area (Å²) in [5.74, 6) is 1.09. The Bertz CT molecular complexity index is 1210. The molecule has 0 saturated carbocycles. The minimum Gasteiger partial charge on any atom is -0.494 e. The average Bonchev–Trinajstić information content (AvgIpc) is 3.33. The molecule has 0 saturated heterocycles. The van der Waals surface area contributed by atoms with Gasteiger partial charge in [-0.1, -0.05) is 45.4 Å². The molecule has 9 nitrogen and oxygen atoms in total. The second-order valence-electron chi connectivity index (χ2n) is 5.95. The number of rotatable bonds is 4. The Morgan fingerprint density at radius 2 is 1.84 bits per heavy atom. The fourth-order valence-corrected chi connectivity index (χ4v) is 3.12. The fourth-order valence-electron chi connectivity index (χ4n) is 2.93. The van der Waals surface area contributed by atoms with Crippen molar-refractivity contribution in [2.75, 3.05) is 12.4 Å². The number of hydrogen-bond acceptors (Lipinski definition) is 6. The van der Waals surface area contributed by atoms with Gasteiger partial charge in [0.05, 0.1) is 24.0 Å². The third kappa shape index (κ3) is 4.88. The zero-order valence-corrected chi connectivity index (χ0v) is 19.6. The number of aromatic amines is 1. The molecular formula is C21H28ClN7O2. The number of nitrogens with one attached hydrogen (secondary N) is 2. The number of benzene rings is 1. The number of ether oxygens (including phenoxy) is 1. The average molecular weight is 446 g/mol. The van der Waals surface area contributed by atoms with Crippen LogP contribution < -0.4 is 15.6 Å². The van der Waals surface area contributed by atoms with E-state index in [2.05, 4.69) is 25.5 Å². The summed E-state index contributed by atoms with van der Waals surface area (Å²) in [6.07, 6.45) is 1.62. The normalized spacial score (nSPS) is 10.1. The van der Waals surface area contributed by atoms with Crippen LogP contribution in [-0.2, 0) is 14.1 Å². The second-order valence-corrected chi connectivity index (χ2v) is 6.33. The number of hydrogen-bond donors (Lipinski definition) is 2. The Morgan fingerprint density at radius 3 is 2.45 bits per heavy atom. The maximum Gasteiger partial charge on any atom is 0.277 e. The number of pyridine rings is 1. The molecule has 0 aliphatic rings. The molecule has 10 heteroatoms. The van der Waals surface area contributed by atoms with E-state index >= 15 is 0 Å². The van der Waals surface area contributed by atoms with Gasteiger partial charge < -0.3 is 10.1 Å². The first-order valence-corrected chi connectivity index (χ1v) is 10.4. The molecule has 0 bridgehead atoms. The van der Waals surface area contributed by atoms with Crippen LogP contribution in [0.15, 0.2) is 35.4 Å². The van der Waals surface area contributed by atoms with E-state index < -0.39 is 0 Å². The van der Waals surface area contributed by atoms with Gasteiger partial charge in [-0.25, -0.2) is 9.97 Å². The molecule has 31 heavy (non-hydrogen) atoms. The molecule has 4 rings (SSSR count). The lowest BCUT2D eigenvalue weighted by molar-refractivity contribution is 0.418. The first-order valence-electron chi connectivity index (χ1n) is 10.0. The standard InChI is InChI=1S/C17H16ClN7O2.2C2H6/c1-24-8-19-15(22-24)9-5-4-6-10(14(9)27-3)20-11-7-12(18)21-16-13(11)17(26)25(2)23-16;2*1-2/h4-8H,1-3H3,(H2,20,21,23);2*1-2H3. The molecule has 0 amide bonds. The largest absolute Gasteiger partial charge is 0.494 e. The number of aromatic nitrogens is 6. The van der Waals surface area contributed by atoms with Gasteiger partial charge in [-0.05, 0) is 18.2 Å². The third-order valence-electron chi connectivity index (χ3n) is 4.11. The number of aryl methyl sites for hydroxylation is 2. The fraction of sp³-hybridized carbons (Fsp3) is 0.333. The van der Waals surface area contributed by atoms with Gasteiger partial charge >= 0.3 is 0 Å². The van der Waals surface area contributed by atoms with Crippen molar-refractivity contribution in [1.29, 1.82) is 0 Å². The van der Waals surface area contributed by atoms with Gasteiger partial charge in [0.2, 0.25) is 0 Å². The summed E-state index contributed by atoms with van der Waals surface area (Å²) in [5.41, 5.74) is 2.09. The van der Waals surface area contributed by atoms with Gasteiger partial charge in [-0.3, -0.25) is 19.3 Å². The topological polar surface area (TPSA) is 103 Å². The van der Waals surface area contributed by atoms with E-state index in [0.717, 1.165) is 5.56 Å². The first-order chi connectivity index (χ1) is 15.0. The molecule has 1 aromatic carbocycles. The predicted octanol–water partition coefficient (Wildman–Crippen LogP) is 4.52. The maximum atomic E-state index is 12.5. The monoisotopic (exact) mass is 445 g/mol. The maximum absolute atomic E-state index is 12.5. The number of nitrogens with zero attached hydrogens (tertiary/aromatic N) is 5. The number of methoxy groups -OCH3 is 1. The van der Waals surface area contributed by atoms with Crippen LogP contribution in [0.2, 0.25) is 5.15 Å². The zero-order chi connectivity index (χ0) is 23.1. The zero-order valence-electron chi connectivity index (χ0n) is 18.8. The van der Waals surface area contributed by atoms with Crippen LogP contribution in [0.4, 0.5) is 11.4 Å². The SMILES string of the molecule is CC.CC.COc1c(Nc2cc(Cl)nc3[nH]n(C)c(=O)c23)cccc1-c1ncn(C)n1. The van der Waals surface area contributed by atoms with Crippen molar-refractivity contribution < 1.29 is 4.74 Å². The molecule has 0 atom stereocenters. The molecular weight excluding hydrogens is 418 g/mol. The highest BCUT2D eigenvalue weighted by molar-refractivity contribution is 6.30. The summed E-state index contributed by atoms with van der Waals surface area (Å²) < 4.78 is 8.57. The Labute approximate surface area is 186 Å². The van der Waals surface area contributed by atoms with Crippen molar-refractivity contribution in [3.05, 3.63) is 46.1 Å². The molecule has 0 unspecified atom stereocenters. The molecule has 3 aromatic heterocycles. The van der Waals surface area contributed by atoms with Crippen LogP contribution in [0.25, 0.3) is 22.4 Å². The highest BCUT2D eigenvalue weighted by atomic mass is 35.5. The lowest BCUT2D eigenvalue weighted by atomic mass is 10.1. The van der Waals surface area contributed by atoms with Crippen molar-refractivity contribution in [1.82, 2.24) is 29.5 Å². The summed E-state index contributed by atoms with van der Waals surface area (Å²) in [4.78, 5) is 20.9. The van der Waals surface area contributed by atoms with Gasteiger partial charge in [0, 0.05) is 14.1 Å². The molecule has 0 spiro atoms. The van der Waals surface area contributed by atoms with Crippen LogP contribution in [0, 0.1) is 0 Å². The Kier molecular flexibility index (Phi) is 8.21. The van der Waals surface area contributed by atoms with Gasteiger partial charge in [-0.2, -0.15) is 5.10 Å². The Balaban J connectivity index is 0.000000807. The van der Waals surface area contributed by atoms with E-state index in [-0.39, 0.29) is 10.7 Å². The van der Waals surface area contributed by atoms with Gasteiger partial charge in [-0.15, -0.1) is 0 Å². The molecule has 0 fully saturated rings. The minimum atomic E-state index is -0.210. The molecule has 3 heterocycles. The van der Waals surface area contributed by atoms with Gasteiger partial charge in [0.25, 0.3) is 5.56 Å². The molecule has 0 aliphatic carbocycles. The Morgan fingerprint density at radius 1 is 1.13 bits per heavy atom. The van der Waals surface area contributed by atoms with Crippen molar-refractivity contribution in [3.63, 3.8) is 0 Å². The van der Waals surface area contributed by atoms with Crippen LogP contribution in [0.1, 0.15) is 27.7 Å². The van der Waals surface area contributed by atoms with Crippen molar-refractivity contribution in [2.24, 2.45) is 14.1 Å². The number of anilines is 2. The highest BCUT2D eigenvalue weighted by Gasteiger charge is 2.17. The molecule has 0 aliphatic heterocycles. The summed E-state index contributed by atoms with van der Waals surface area (Å²) in [7, 11) is 4.98. The number of para-hydroxylation sites is 1. The summed E-state index contributed by atoms with van der Waals surface area (Å²) in [6.45, 7) is 8.00. The third-order valence-corrected chi connectivity index (χ3v) is 4.30. The Hall–Kier alpha value is -3.33. The van der Waals surface area contributed by atoms with Crippen LogP contribution in [0.3, 0.4) is 0 Å². The quantitative estimate of drug-likeness (QED) is 0.448. The van der Waals surface area contributed by atoms with E-state index in [0.29, 0.717) is 34.0 Å². The second kappa shape index (κ2) is 10.6. The van der Waals surface area contributed by atoms with Crippen molar-refractivity contribution in [2.45, 2.75) is 27.7 Å². The molecule has 4 aromatic rings. The summed E-state index contributed by atoms with van der Waals surface area (Å²) >= 11 is 6.12. The molecule has 2 N–H and O–H groups in total. The first kappa shape index (κ1) is 23.9. The predicted molar refractivity (Wildman–Crippen MR) is 125 cm³/mol. The lowest BCUT2D eigenvalue weighted by Crippen LogP contribution is -2.12. The van der Waals surface area contributed by atoms with Crippen LogP contribution in [-0.4, -0.2) is 36.6 Å². The minimum absolute atomic E-state index is 0.210. The van der Waals surface area contributed by atoms with Crippen molar-refractivity contribution in [3.8, 4) is 17.1 Å². The lowest BCUT2D eigenvalue weighted by Gasteiger charge is -2.14. The van der Waals surface area contributed by atoms with Gasteiger partial charge in [0.1, 0.15) is 16.9 Å². The van der Waals surface area contributed by atoms with E-state index in [1.807, 2.05) is 45.9 Å². The van der Waals surface area contributed by atoms with Crippen LogP contribution >= 0.6 is 11.6 Å². The van der Waals surface area contributed by atoms with E-state index in [1.165, 1.54) is 4.68 Å². The number of H-pyrrole nitrogens is 1. The highest BCUT2D eigenvalue weighted by Crippen LogP contribution is 2.37. The van der Waals surface area contributed by atoms with Crippen molar-refractivity contribution >= 4 is 34.0 Å². The summed E-state index contributed by atoms with van der Waals surface area (Å²) in [6, 6.07) is 7.16. The number of fused-ring (bicyclic) bond motifs is 1. The smallest absolute Gasteiger partial charge is 0.277 e. The van der Waals surface area contributed by atoms with E-state index in [1.54, 1.807) is 38.3 Å².